The van der Waals surface area contributed by atoms with Gasteiger partial charge in [-0.3, -0.25) is 19.3 Å². The molecule has 1 unspecified atom stereocenters. The number of hydroxylamine groups is 4. The molecule has 11 nitrogen and oxygen atoms in total. The van der Waals surface area contributed by atoms with Gasteiger partial charge in [0.2, 0.25) is 0 Å². The zero-order chi connectivity index (χ0) is 25.9. The van der Waals surface area contributed by atoms with E-state index in [4.69, 9.17) is 14.8 Å². The van der Waals surface area contributed by atoms with E-state index in [2.05, 4.69) is 17.1 Å². The van der Waals surface area contributed by atoms with Gasteiger partial charge < -0.3 is 9.94 Å². The first-order valence-corrected chi connectivity index (χ1v) is 11.0. The van der Waals surface area contributed by atoms with Crippen LogP contribution in [-0.2, 0) is 24.1 Å². The second-order valence-electron chi connectivity index (χ2n) is 7.07. The van der Waals surface area contributed by atoms with Gasteiger partial charge in [-0.1, -0.05) is 63.4 Å². The van der Waals surface area contributed by atoms with Gasteiger partial charge in [-0.2, -0.15) is 5.06 Å². The number of unbranched alkanes of at least 4 members (excludes halogenated alkanes) is 3. The molecule has 0 saturated carbocycles. The van der Waals surface area contributed by atoms with Crippen LogP contribution in [0.3, 0.4) is 0 Å². The highest BCUT2D eigenvalue weighted by Gasteiger charge is 2.42. The Bertz CT molecular complexity index is 786. The number of carboxylic acid groups (broad SMARTS) is 1. The summed E-state index contributed by atoms with van der Waals surface area (Å²) in [7, 11) is 2.55. The van der Waals surface area contributed by atoms with Crippen LogP contribution in [0.4, 0.5) is 4.79 Å². The molecule has 0 aromatic heterocycles. The molecular formula is C23H35N3O8. The van der Waals surface area contributed by atoms with Crippen molar-refractivity contribution in [3.8, 4) is 0 Å². The Morgan fingerprint density at radius 2 is 1.65 bits per heavy atom. The van der Waals surface area contributed by atoms with Crippen molar-refractivity contribution in [1.29, 1.82) is 0 Å². The molecule has 11 heteroatoms. The minimum atomic E-state index is -0.745. The fourth-order valence-corrected chi connectivity index (χ4v) is 2.61. The number of aliphatic carboxylic acids is 1. The Balaban J connectivity index is 0.000000581. The largest absolute Gasteiger partial charge is 0.481 e. The van der Waals surface area contributed by atoms with Gasteiger partial charge in [0.1, 0.15) is 11.8 Å². The molecule has 1 atom stereocenters. The molecule has 1 N–H and O–H groups in total. The van der Waals surface area contributed by atoms with E-state index in [1.807, 2.05) is 37.3 Å². The third-order valence-electron chi connectivity index (χ3n) is 4.43. The SMILES string of the molecule is CCC(=O)O.CCCCCCC(C)ON=O.CON1C(=O)C(=Cc2ccccc2)N(OC)C1=O. The zero-order valence-corrected chi connectivity index (χ0v) is 20.4. The number of nitrogens with zero attached hydrogens (tertiary/aromatic N) is 3. The molecule has 1 fully saturated rings. The van der Waals surface area contributed by atoms with Crippen molar-refractivity contribution in [2.45, 2.75) is 65.4 Å². The maximum Gasteiger partial charge on any atom is 0.380 e. The number of hydrogen-bond acceptors (Lipinski definition) is 8. The van der Waals surface area contributed by atoms with Crippen LogP contribution in [0.15, 0.2) is 41.4 Å². The second-order valence-corrected chi connectivity index (χ2v) is 7.07. The molecule has 1 aromatic carbocycles. The highest BCUT2D eigenvalue weighted by molar-refractivity contribution is 6.12. The first-order valence-electron chi connectivity index (χ1n) is 11.0. The molecule has 0 aliphatic carbocycles. The lowest BCUT2D eigenvalue weighted by Crippen LogP contribution is -2.31. The molecule has 34 heavy (non-hydrogen) atoms. The van der Waals surface area contributed by atoms with Gasteiger partial charge in [0.15, 0.2) is 5.34 Å². The minimum Gasteiger partial charge on any atom is -0.481 e. The van der Waals surface area contributed by atoms with Gasteiger partial charge in [-0.05, 0) is 31.4 Å². The highest BCUT2D eigenvalue weighted by Crippen LogP contribution is 2.23. The summed E-state index contributed by atoms with van der Waals surface area (Å²) in [6, 6.07) is 8.48. The van der Waals surface area contributed by atoms with Crippen molar-refractivity contribution in [1.82, 2.24) is 10.1 Å². The summed E-state index contributed by atoms with van der Waals surface area (Å²) in [6.07, 6.45) is 7.56. The van der Waals surface area contributed by atoms with Crippen molar-refractivity contribution < 1.29 is 34.0 Å². The van der Waals surface area contributed by atoms with Crippen molar-refractivity contribution >= 4 is 24.0 Å². The molecule has 190 valence electrons. The van der Waals surface area contributed by atoms with Crippen LogP contribution in [0.2, 0.25) is 0 Å². The Kier molecular flexibility index (Phi) is 16.4. The number of carboxylic acids is 1. The quantitative estimate of drug-likeness (QED) is 0.154. The molecule has 1 aromatic rings. The maximum absolute atomic E-state index is 11.9. The number of rotatable bonds is 11. The van der Waals surface area contributed by atoms with Crippen LogP contribution in [0.25, 0.3) is 6.08 Å². The summed E-state index contributed by atoms with van der Waals surface area (Å²) in [4.78, 5) is 56.7. The Labute approximate surface area is 200 Å². The van der Waals surface area contributed by atoms with Gasteiger partial charge in [-0.15, -0.1) is 9.97 Å². The Morgan fingerprint density at radius 3 is 2.12 bits per heavy atom. The average molecular weight is 482 g/mol. The maximum atomic E-state index is 11.9. The average Bonchev–Trinajstić information content (AvgIpc) is 3.06. The van der Waals surface area contributed by atoms with E-state index >= 15 is 0 Å². The first-order chi connectivity index (χ1) is 16.3. The summed E-state index contributed by atoms with van der Waals surface area (Å²) in [5, 5.41) is 11.6. The van der Waals surface area contributed by atoms with E-state index in [1.54, 1.807) is 13.0 Å². The molecule has 1 saturated heterocycles. The highest BCUT2D eigenvalue weighted by atomic mass is 16.7. The van der Waals surface area contributed by atoms with Gasteiger partial charge in [0.05, 0.1) is 14.2 Å². The molecule has 0 bridgehead atoms. The van der Waals surface area contributed by atoms with Crippen molar-refractivity contribution in [3.63, 3.8) is 0 Å². The number of imide groups is 1. The molecule has 0 spiro atoms. The number of hydrogen-bond donors (Lipinski definition) is 1. The molecule has 0 radical (unpaired) electrons. The van der Waals surface area contributed by atoms with E-state index in [1.165, 1.54) is 33.5 Å². The van der Waals surface area contributed by atoms with Gasteiger partial charge >= 0.3 is 17.9 Å². The summed E-state index contributed by atoms with van der Waals surface area (Å²) in [5.41, 5.74) is 0.893. The van der Waals surface area contributed by atoms with Crippen molar-refractivity contribution in [2.75, 3.05) is 14.2 Å². The zero-order valence-electron chi connectivity index (χ0n) is 20.4. The molecule has 1 aliphatic rings. The third kappa shape index (κ3) is 11.5. The van der Waals surface area contributed by atoms with Crippen LogP contribution >= 0.6 is 0 Å². The Morgan fingerprint density at radius 1 is 1.06 bits per heavy atom. The molecule has 2 rings (SSSR count). The van der Waals surface area contributed by atoms with Gasteiger partial charge in [0, 0.05) is 6.42 Å². The van der Waals surface area contributed by atoms with Crippen molar-refractivity contribution in [3.05, 3.63) is 46.5 Å². The molecule has 1 aliphatic heterocycles. The molecule has 3 amide bonds. The number of urea groups is 1. The van der Waals surface area contributed by atoms with Gasteiger partial charge in [0.25, 0.3) is 0 Å². The standard InChI is InChI=1S/C12H12N2O4.C8H17NO2.C3H6O2/c1-17-13-10(8-9-6-4-3-5-7-9)11(15)14(18-2)12(13)16;1-3-4-5-6-7-8(2)11-9-10;1-2-3(4)5/h3-8H,1-2H3;8H,3-7H2,1-2H3;2H2,1H3,(H,4,5). The Hall–Kier alpha value is -3.31. The predicted octanol–water partition coefficient (Wildman–Crippen LogP) is 4.94. The monoisotopic (exact) mass is 481 g/mol. The number of amides is 3. The smallest absolute Gasteiger partial charge is 0.380 e. The van der Waals surface area contributed by atoms with Crippen LogP contribution < -0.4 is 0 Å². The minimum absolute atomic E-state index is 0.00986. The fraction of sp³-hybridized carbons (Fsp3) is 0.522. The normalized spacial score (nSPS) is 14.7. The van der Waals surface area contributed by atoms with Crippen LogP contribution in [-0.4, -0.2) is 53.5 Å². The molecular weight excluding hydrogens is 446 g/mol. The lowest BCUT2D eigenvalue weighted by molar-refractivity contribution is -0.152. The lowest BCUT2D eigenvalue weighted by Gasteiger charge is -2.11. The van der Waals surface area contributed by atoms with E-state index in [0.717, 1.165) is 23.5 Å². The first kappa shape index (κ1) is 30.7. The van der Waals surface area contributed by atoms with E-state index in [0.29, 0.717) is 5.06 Å². The molecule has 1 heterocycles. The topological polar surface area (TPSA) is 135 Å². The summed E-state index contributed by atoms with van der Waals surface area (Å²) >= 11 is 0. The second kappa shape index (κ2) is 18.2. The van der Waals surface area contributed by atoms with Crippen LogP contribution in [0, 0.1) is 4.91 Å². The van der Waals surface area contributed by atoms with Crippen molar-refractivity contribution in [2.24, 2.45) is 5.34 Å². The van der Waals surface area contributed by atoms with E-state index < -0.39 is 17.9 Å². The van der Waals surface area contributed by atoms with Crippen LogP contribution in [0.5, 0.6) is 0 Å². The number of carbonyl (C=O) groups excluding carboxylic acids is 2. The fourth-order valence-electron chi connectivity index (χ4n) is 2.61. The predicted molar refractivity (Wildman–Crippen MR) is 126 cm³/mol. The third-order valence-corrected chi connectivity index (χ3v) is 4.43. The van der Waals surface area contributed by atoms with Gasteiger partial charge in [-0.25, -0.2) is 4.79 Å². The number of benzene rings is 1. The van der Waals surface area contributed by atoms with Crippen LogP contribution in [0.1, 0.15) is 64.9 Å². The summed E-state index contributed by atoms with van der Waals surface area (Å²) in [5.74, 6) is -1.31. The lowest BCUT2D eigenvalue weighted by atomic mass is 10.1. The summed E-state index contributed by atoms with van der Waals surface area (Å²) in [6.45, 7) is 5.64. The number of carbonyl (C=O) groups is 3. The van der Waals surface area contributed by atoms with E-state index in [9.17, 15) is 19.3 Å². The summed E-state index contributed by atoms with van der Waals surface area (Å²) < 4.78 is 0. The van der Waals surface area contributed by atoms with E-state index in [-0.39, 0.29) is 18.2 Å².